The van der Waals surface area contributed by atoms with Gasteiger partial charge in [0, 0.05) is 18.2 Å². The topological polar surface area (TPSA) is 69.6 Å². The molecule has 0 spiro atoms. The maximum Gasteiger partial charge on any atom is 0.307 e. The minimum Gasteiger partial charge on any atom is -0.504 e. The molecule has 1 aliphatic rings. The van der Waals surface area contributed by atoms with Gasteiger partial charge in [-0.05, 0) is 25.0 Å². The van der Waals surface area contributed by atoms with Gasteiger partial charge in [0.2, 0.25) is 0 Å². The lowest BCUT2D eigenvalue weighted by Crippen LogP contribution is -2.17. The van der Waals surface area contributed by atoms with Crippen molar-refractivity contribution in [1.82, 2.24) is 5.32 Å². The van der Waals surface area contributed by atoms with Gasteiger partial charge in [-0.1, -0.05) is 11.6 Å². The maximum absolute atomic E-state index is 13.9. The molecule has 0 saturated carbocycles. The van der Waals surface area contributed by atoms with Crippen molar-refractivity contribution < 1.29 is 19.4 Å². The second-order valence-corrected chi connectivity index (χ2v) is 4.87. The van der Waals surface area contributed by atoms with Gasteiger partial charge in [0.15, 0.2) is 11.6 Å². The minimum atomic E-state index is -0.902. The summed E-state index contributed by atoms with van der Waals surface area (Å²) in [4.78, 5) is 10.8. The van der Waals surface area contributed by atoms with E-state index in [1.807, 2.05) is 0 Å². The van der Waals surface area contributed by atoms with Gasteiger partial charge in [0.05, 0.1) is 10.9 Å². The minimum absolute atomic E-state index is 0.0102. The van der Waals surface area contributed by atoms with Crippen molar-refractivity contribution in [2.24, 2.45) is 5.92 Å². The largest absolute Gasteiger partial charge is 0.504 e. The molecule has 0 amide bonds. The maximum atomic E-state index is 13.9. The molecule has 3 N–H and O–H groups in total. The summed E-state index contributed by atoms with van der Waals surface area (Å²) >= 11 is 5.74. The molecular weight excluding hydrogens is 261 g/mol. The van der Waals surface area contributed by atoms with E-state index in [2.05, 4.69) is 5.32 Å². The highest BCUT2D eigenvalue weighted by Crippen LogP contribution is 2.37. The number of phenols is 1. The van der Waals surface area contributed by atoms with E-state index in [-0.39, 0.29) is 10.6 Å². The quantitative estimate of drug-likeness (QED) is 0.773. The summed E-state index contributed by atoms with van der Waals surface area (Å²) < 4.78 is 13.9. The van der Waals surface area contributed by atoms with Crippen molar-refractivity contribution in [3.8, 4) is 5.75 Å². The molecule has 1 aliphatic heterocycles. The highest BCUT2D eigenvalue weighted by Gasteiger charge is 2.32. The molecule has 2 unspecified atom stereocenters. The summed E-state index contributed by atoms with van der Waals surface area (Å²) in [6.45, 7) is 1.95. The number of hydrogen-bond acceptors (Lipinski definition) is 3. The zero-order chi connectivity index (χ0) is 13.4. The van der Waals surface area contributed by atoms with Crippen LogP contribution in [0.5, 0.6) is 5.75 Å². The van der Waals surface area contributed by atoms with E-state index in [4.69, 9.17) is 16.7 Å². The van der Waals surface area contributed by atoms with Crippen molar-refractivity contribution in [2.45, 2.75) is 19.4 Å². The Morgan fingerprint density at radius 1 is 1.61 bits per heavy atom. The lowest BCUT2D eigenvalue weighted by atomic mass is 9.98. The number of benzene rings is 1. The molecule has 18 heavy (non-hydrogen) atoms. The van der Waals surface area contributed by atoms with Crippen LogP contribution in [0.15, 0.2) is 6.07 Å². The highest BCUT2D eigenvalue weighted by molar-refractivity contribution is 6.32. The third-order valence-electron chi connectivity index (χ3n) is 3.24. The van der Waals surface area contributed by atoms with Gasteiger partial charge in [-0.2, -0.15) is 0 Å². The molecule has 1 aromatic carbocycles. The van der Waals surface area contributed by atoms with E-state index < -0.39 is 29.5 Å². The second kappa shape index (κ2) is 4.74. The molecule has 98 valence electrons. The molecule has 1 heterocycles. The van der Waals surface area contributed by atoms with Crippen LogP contribution in [0.1, 0.15) is 23.6 Å². The Morgan fingerprint density at radius 3 is 2.83 bits per heavy atom. The van der Waals surface area contributed by atoms with Crippen LogP contribution in [0.3, 0.4) is 0 Å². The summed E-state index contributed by atoms with van der Waals surface area (Å²) in [5, 5.41) is 21.4. The molecule has 0 aromatic heterocycles. The first-order valence-electron chi connectivity index (χ1n) is 5.55. The predicted molar refractivity (Wildman–Crippen MR) is 64.3 cm³/mol. The molecule has 6 heteroatoms. The average Bonchev–Trinajstić information content (AvgIpc) is 2.80. The number of aryl methyl sites for hydroxylation is 1. The van der Waals surface area contributed by atoms with Gasteiger partial charge >= 0.3 is 5.97 Å². The SMILES string of the molecule is Cc1cc(C2CC(C(=O)O)CN2)c(F)c(O)c1Cl. The summed E-state index contributed by atoms with van der Waals surface area (Å²) in [5.41, 5.74) is 0.823. The van der Waals surface area contributed by atoms with Crippen LogP contribution in [-0.2, 0) is 4.79 Å². The third kappa shape index (κ3) is 2.15. The first-order valence-corrected chi connectivity index (χ1v) is 5.93. The van der Waals surface area contributed by atoms with E-state index in [9.17, 15) is 14.3 Å². The summed E-state index contributed by atoms with van der Waals surface area (Å²) in [5.74, 6) is -2.80. The van der Waals surface area contributed by atoms with Crippen LogP contribution in [0.2, 0.25) is 5.02 Å². The molecule has 1 aromatic rings. The smallest absolute Gasteiger partial charge is 0.307 e. The number of carbonyl (C=O) groups is 1. The number of carboxylic acids is 1. The summed E-state index contributed by atoms with van der Waals surface area (Å²) in [6, 6.07) is 1.13. The Balaban J connectivity index is 2.33. The lowest BCUT2D eigenvalue weighted by Gasteiger charge is -2.15. The average molecular weight is 274 g/mol. The molecule has 0 bridgehead atoms. The Hall–Kier alpha value is -1.33. The van der Waals surface area contributed by atoms with Crippen LogP contribution < -0.4 is 5.32 Å². The summed E-state index contributed by atoms with van der Waals surface area (Å²) in [6.07, 6.45) is 0.298. The van der Waals surface area contributed by atoms with Crippen molar-refractivity contribution in [2.75, 3.05) is 6.54 Å². The number of halogens is 2. The zero-order valence-corrected chi connectivity index (χ0v) is 10.5. The molecule has 1 saturated heterocycles. The molecular formula is C12H13ClFNO3. The number of aromatic hydroxyl groups is 1. The number of carboxylic acid groups (broad SMARTS) is 1. The van der Waals surface area contributed by atoms with Crippen molar-refractivity contribution in [3.05, 3.63) is 28.0 Å². The number of rotatable bonds is 2. The van der Waals surface area contributed by atoms with E-state index >= 15 is 0 Å². The first kappa shape index (κ1) is 13.1. The normalized spacial score (nSPS) is 23.3. The van der Waals surface area contributed by atoms with E-state index in [0.717, 1.165) is 0 Å². The highest BCUT2D eigenvalue weighted by atomic mass is 35.5. The van der Waals surface area contributed by atoms with Gasteiger partial charge in [0.25, 0.3) is 0 Å². The lowest BCUT2D eigenvalue weighted by molar-refractivity contribution is -0.141. The van der Waals surface area contributed by atoms with Gasteiger partial charge < -0.3 is 15.5 Å². The van der Waals surface area contributed by atoms with Crippen LogP contribution in [0, 0.1) is 18.7 Å². The third-order valence-corrected chi connectivity index (χ3v) is 3.72. The molecule has 2 rings (SSSR count). The van der Waals surface area contributed by atoms with Gasteiger partial charge in [-0.3, -0.25) is 4.79 Å². The Labute approximate surface area is 108 Å². The van der Waals surface area contributed by atoms with Crippen LogP contribution >= 0.6 is 11.6 Å². The standard InChI is InChI=1S/C12H13ClFNO3/c1-5-2-7(10(14)11(16)9(5)13)8-3-6(4-15-8)12(17)18/h2,6,8,15-16H,3-4H2,1H3,(H,17,18). The predicted octanol–water partition coefficient (Wildman–Crippen LogP) is 2.23. The van der Waals surface area contributed by atoms with Crippen LogP contribution in [-0.4, -0.2) is 22.7 Å². The number of nitrogens with one attached hydrogen (secondary N) is 1. The Kier molecular flexibility index (Phi) is 3.45. The van der Waals surface area contributed by atoms with Crippen LogP contribution in [0.25, 0.3) is 0 Å². The zero-order valence-electron chi connectivity index (χ0n) is 9.70. The Morgan fingerprint density at radius 2 is 2.28 bits per heavy atom. The fourth-order valence-corrected chi connectivity index (χ4v) is 2.33. The summed E-state index contributed by atoms with van der Waals surface area (Å²) in [7, 11) is 0. The van der Waals surface area contributed by atoms with E-state index in [1.165, 1.54) is 0 Å². The van der Waals surface area contributed by atoms with E-state index in [0.29, 0.717) is 18.5 Å². The van der Waals surface area contributed by atoms with Gasteiger partial charge in [0.1, 0.15) is 0 Å². The fraction of sp³-hybridized carbons (Fsp3) is 0.417. The molecule has 0 aliphatic carbocycles. The molecule has 2 atom stereocenters. The molecule has 0 radical (unpaired) electrons. The van der Waals surface area contributed by atoms with Crippen LogP contribution in [0.4, 0.5) is 4.39 Å². The van der Waals surface area contributed by atoms with Gasteiger partial charge in [-0.25, -0.2) is 4.39 Å². The monoisotopic (exact) mass is 273 g/mol. The number of aliphatic carboxylic acids is 1. The Bertz CT molecular complexity index is 507. The fourth-order valence-electron chi connectivity index (χ4n) is 2.19. The molecule has 4 nitrogen and oxygen atoms in total. The number of phenolic OH excluding ortho intramolecular Hbond substituents is 1. The first-order chi connectivity index (χ1) is 8.41. The molecule has 1 fully saturated rings. The second-order valence-electron chi connectivity index (χ2n) is 4.49. The van der Waals surface area contributed by atoms with Crippen molar-refractivity contribution in [3.63, 3.8) is 0 Å². The number of hydrogen-bond donors (Lipinski definition) is 3. The van der Waals surface area contributed by atoms with Crippen molar-refractivity contribution in [1.29, 1.82) is 0 Å². The van der Waals surface area contributed by atoms with Crippen molar-refractivity contribution >= 4 is 17.6 Å². The van der Waals surface area contributed by atoms with E-state index in [1.54, 1.807) is 13.0 Å². The van der Waals surface area contributed by atoms with Gasteiger partial charge in [-0.15, -0.1) is 0 Å².